The van der Waals surface area contributed by atoms with E-state index >= 15 is 0 Å². The summed E-state index contributed by atoms with van der Waals surface area (Å²) in [7, 11) is 0. The van der Waals surface area contributed by atoms with Crippen LogP contribution in [0.15, 0.2) is 30.3 Å². The van der Waals surface area contributed by atoms with Gasteiger partial charge in [0.05, 0.1) is 0 Å². The molecule has 1 atom stereocenters. The first-order valence-corrected chi connectivity index (χ1v) is 6.71. The van der Waals surface area contributed by atoms with Crippen LogP contribution in [0.4, 0.5) is 0 Å². The molecule has 1 unspecified atom stereocenters. The van der Waals surface area contributed by atoms with Gasteiger partial charge in [-0.25, -0.2) is 0 Å². The Morgan fingerprint density at radius 3 is 2.06 bits per heavy atom. The molecule has 1 aromatic carbocycles. The lowest BCUT2D eigenvalue weighted by Gasteiger charge is -2.28. The summed E-state index contributed by atoms with van der Waals surface area (Å²) in [5.74, 6) is 0. The van der Waals surface area contributed by atoms with Crippen molar-refractivity contribution in [3.05, 3.63) is 35.9 Å². The molecule has 0 amide bonds. The van der Waals surface area contributed by atoms with Gasteiger partial charge in [-0.05, 0) is 32.8 Å². The van der Waals surface area contributed by atoms with E-state index in [0.29, 0.717) is 19.5 Å². The first kappa shape index (κ1) is 15.2. The molecule has 0 aliphatic carbocycles. The van der Waals surface area contributed by atoms with Gasteiger partial charge in [-0.3, -0.25) is 4.90 Å². The Morgan fingerprint density at radius 2 is 1.56 bits per heavy atom. The summed E-state index contributed by atoms with van der Waals surface area (Å²) in [6, 6.07) is 10.9. The second-order valence-electron chi connectivity index (χ2n) is 4.37. The number of benzene rings is 1. The summed E-state index contributed by atoms with van der Waals surface area (Å²) >= 11 is 0. The van der Waals surface area contributed by atoms with Crippen molar-refractivity contribution in [1.29, 1.82) is 0 Å². The Hall–Kier alpha value is -0.900. The van der Waals surface area contributed by atoms with Crippen LogP contribution in [0.25, 0.3) is 0 Å². The van der Waals surface area contributed by atoms with Gasteiger partial charge in [0.1, 0.15) is 13.5 Å². The molecule has 3 nitrogen and oxygen atoms in total. The van der Waals surface area contributed by atoms with E-state index in [9.17, 15) is 0 Å². The number of hydrogen-bond donors (Lipinski definition) is 0. The topological polar surface area (TPSA) is 21.7 Å². The van der Waals surface area contributed by atoms with Gasteiger partial charge in [0.25, 0.3) is 0 Å². The van der Waals surface area contributed by atoms with E-state index in [1.165, 1.54) is 5.56 Å². The van der Waals surface area contributed by atoms with Gasteiger partial charge in [0.2, 0.25) is 0 Å². The highest BCUT2D eigenvalue weighted by Gasteiger charge is 2.14. The van der Waals surface area contributed by atoms with Gasteiger partial charge in [0.15, 0.2) is 0 Å². The zero-order valence-electron chi connectivity index (χ0n) is 11.8. The average molecular weight is 251 g/mol. The Morgan fingerprint density at radius 1 is 1.00 bits per heavy atom. The predicted molar refractivity (Wildman–Crippen MR) is 74.4 cm³/mol. The molecule has 0 saturated heterocycles. The van der Waals surface area contributed by atoms with Gasteiger partial charge in [-0.1, -0.05) is 30.3 Å². The van der Waals surface area contributed by atoms with Crippen molar-refractivity contribution in [2.45, 2.75) is 33.2 Å². The maximum absolute atomic E-state index is 5.50. The minimum Gasteiger partial charge on any atom is -0.366 e. The van der Waals surface area contributed by atoms with E-state index in [2.05, 4.69) is 36.1 Å². The molecular formula is C15H25NO2. The van der Waals surface area contributed by atoms with Crippen molar-refractivity contribution in [2.24, 2.45) is 0 Å². The Kier molecular flexibility index (Phi) is 7.65. The lowest BCUT2D eigenvalue weighted by molar-refractivity contribution is -0.0578. The quantitative estimate of drug-likeness (QED) is 0.630. The zero-order valence-corrected chi connectivity index (χ0v) is 11.8. The molecule has 0 spiro atoms. The highest BCUT2D eigenvalue weighted by Crippen LogP contribution is 2.09. The Bertz CT molecular complexity index is 295. The minimum atomic E-state index is 0.408. The summed E-state index contributed by atoms with van der Waals surface area (Å²) in [6.07, 6.45) is 1.01. The monoisotopic (exact) mass is 251 g/mol. The molecule has 0 aliphatic heterocycles. The average Bonchev–Trinajstić information content (AvgIpc) is 2.40. The first-order chi connectivity index (χ1) is 8.77. The molecule has 0 aliphatic rings. The minimum absolute atomic E-state index is 0.408. The third-order valence-electron chi connectivity index (χ3n) is 2.92. The lowest BCUT2D eigenvalue weighted by Crippen LogP contribution is -2.38. The van der Waals surface area contributed by atoms with E-state index in [4.69, 9.17) is 9.47 Å². The third kappa shape index (κ3) is 5.63. The van der Waals surface area contributed by atoms with E-state index in [1.807, 2.05) is 19.9 Å². The zero-order chi connectivity index (χ0) is 13.2. The van der Waals surface area contributed by atoms with Crippen molar-refractivity contribution in [3.63, 3.8) is 0 Å². The summed E-state index contributed by atoms with van der Waals surface area (Å²) < 4.78 is 11.0. The number of rotatable bonds is 9. The van der Waals surface area contributed by atoms with Crippen molar-refractivity contribution in [2.75, 3.05) is 26.7 Å². The molecule has 0 radical (unpaired) electrons. The SMILES string of the molecule is CCOCN(COCC)C(C)Cc1ccccc1. The summed E-state index contributed by atoms with van der Waals surface area (Å²) in [5.41, 5.74) is 1.35. The second kappa shape index (κ2) is 9.09. The molecule has 0 bridgehead atoms. The fourth-order valence-electron chi connectivity index (χ4n) is 1.79. The molecule has 1 rings (SSSR count). The molecule has 102 valence electrons. The number of ether oxygens (including phenoxy) is 2. The van der Waals surface area contributed by atoms with E-state index < -0.39 is 0 Å². The smallest absolute Gasteiger partial charge is 0.101 e. The van der Waals surface area contributed by atoms with Gasteiger partial charge < -0.3 is 9.47 Å². The molecular weight excluding hydrogens is 226 g/mol. The van der Waals surface area contributed by atoms with E-state index in [0.717, 1.165) is 19.6 Å². The van der Waals surface area contributed by atoms with Crippen LogP contribution in [0, 0.1) is 0 Å². The number of nitrogens with zero attached hydrogens (tertiary/aromatic N) is 1. The molecule has 0 saturated carbocycles. The molecule has 1 aromatic rings. The van der Waals surface area contributed by atoms with Crippen molar-refractivity contribution >= 4 is 0 Å². The van der Waals surface area contributed by atoms with Gasteiger partial charge in [0, 0.05) is 19.3 Å². The number of hydrogen-bond acceptors (Lipinski definition) is 3. The van der Waals surface area contributed by atoms with Gasteiger partial charge >= 0.3 is 0 Å². The third-order valence-corrected chi connectivity index (χ3v) is 2.92. The summed E-state index contributed by atoms with van der Waals surface area (Å²) in [6.45, 7) is 8.98. The van der Waals surface area contributed by atoms with E-state index in [-0.39, 0.29) is 0 Å². The molecule has 0 N–H and O–H groups in total. The van der Waals surface area contributed by atoms with Gasteiger partial charge in [-0.2, -0.15) is 0 Å². The maximum Gasteiger partial charge on any atom is 0.101 e. The Balaban J connectivity index is 2.49. The summed E-state index contributed by atoms with van der Waals surface area (Å²) in [5, 5.41) is 0. The molecule has 0 heterocycles. The summed E-state index contributed by atoms with van der Waals surface area (Å²) in [4.78, 5) is 2.22. The van der Waals surface area contributed by atoms with Crippen LogP contribution in [0.3, 0.4) is 0 Å². The van der Waals surface area contributed by atoms with Crippen molar-refractivity contribution < 1.29 is 9.47 Å². The Labute approximate surface area is 111 Å². The van der Waals surface area contributed by atoms with Crippen LogP contribution in [0.2, 0.25) is 0 Å². The van der Waals surface area contributed by atoms with Crippen LogP contribution in [-0.4, -0.2) is 37.6 Å². The highest BCUT2D eigenvalue weighted by molar-refractivity contribution is 5.15. The normalized spacial score (nSPS) is 12.9. The fraction of sp³-hybridized carbons (Fsp3) is 0.600. The molecule has 0 aromatic heterocycles. The van der Waals surface area contributed by atoms with Crippen LogP contribution in [0.1, 0.15) is 26.3 Å². The lowest BCUT2D eigenvalue weighted by atomic mass is 10.1. The highest BCUT2D eigenvalue weighted by atomic mass is 16.5. The predicted octanol–water partition coefficient (Wildman–Crippen LogP) is 2.91. The van der Waals surface area contributed by atoms with Crippen LogP contribution >= 0.6 is 0 Å². The molecule has 18 heavy (non-hydrogen) atoms. The van der Waals surface area contributed by atoms with Crippen molar-refractivity contribution in [3.8, 4) is 0 Å². The maximum atomic E-state index is 5.50. The molecule has 3 heteroatoms. The second-order valence-corrected chi connectivity index (χ2v) is 4.37. The van der Waals surface area contributed by atoms with Crippen LogP contribution in [0.5, 0.6) is 0 Å². The van der Waals surface area contributed by atoms with Crippen molar-refractivity contribution in [1.82, 2.24) is 4.90 Å². The fourth-order valence-corrected chi connectivity index (χ4v) is 1.79. The standard InChI is InChI=1S/C15H25NO2/c1-4-17-12-16(13-18-5-2)14(3)11-15-9-7-6-8-10-15/h6-10,14H,4-5,11-13H2,1-3H3. The largest absolute Gasteiger partial charge is 0.366 e. The van der Waals surface area contributed by atoms with E-state index in [1.54, 1.807) is 0 Å². The van der Waals surface area contributed by atoms with Crippen LogP contribution in [-0.2, 0) is 15.9 Å². The van der Waals surface area contributed by atoms with Gasteiger partial charge in [-0.15, -0.1) is 0 Å². The van der Waals surface area contributed by atoms with Crippen LogP contribution < -0.4 is 0 Å². The first-order valence-electron chi connectivity index (χ1n) is 6.71. The molecule has 0 fully saturated rings.